The van der Waals surface area contributed by atoms with Crippen molar-refractivity contribution in [1.29, 1.82) is 0 Å². The van der Waals surface area contributed by atoms with Gasteiger partial charge in [-0.3, -0.25) is 9.59 Å². The van der Waals surface area contributed by atoms with Crippen molar-refractivity contribution in [2.75, 3.05) is 13.1 Å². The highest BCUT2D eigenvalue weighted by Gasteiger charge is 2.21. The molecule has 2 atom stereocenters. The van der Waals surface area contributed by atoms with Gasteiger partial charge in [-0.15, -0.1) is 0 Å². The maximum atomic E-state index is 10.7. The van der Waals surface area contributed by atoms with Gasteiger partial charge in [-0.1, -0.05) is 20.3 Å². The maximum Gasteiger partial charge on any atom is 0.223 e. The molecule has 0 aromatic rings. The Morgan fingerprint density at radius 2 is 1.94 bits per heavy atom. The first-order valence-electron chi connectivity index (χ1n) is 6.21. The van der Waals surface area contributed by atoms with E-state index in [1.54, 1.807) is 0 Å². The molecule has 2 amide bonds. The molecule has 2 N–H and O–H groups in total. The van der Waals surface area contributed by atoms with Crippen molar-refractivity contribution in [3.05, 3.63) is 0 Å². The third kappa shape index (κ3) is 3.83. The summed E-state index contributed by atoms with van der Waals surface area (Å²) in [6, 6.07) is 0. The smallest absolute Gasteiger partial charge is 0.223 e. The summed E-state index contributed by atoms with van der Waals surface area (Å²) >= 11 is 0. The fourth-order valence-electron chi connectivity index (χ4n) is 1.99. The molecule has 0 bridgehead atoms. The average molecular weight is 226 g/mol. The number of amides is 2. The van der Waals surface area contributed by atoms with E-state index in [1.165, 1.54) is 0 Å². The van der Waals surface area contributed by atoms with Crippen LogP contribution in [0.1, 0.15) is 39.5 Å². The fraction of sp³-hybridized carbons (Fsp3) is 0.833. The Balaban J connectivity index is 0.000000160. The lowest BCUT2D eigenvalue weighted by Crippen LogP contribution is -2.18. The maximum absolute atomic E-state index is 10.7. The molecule has 0 aromatic carbocycles. The average Bonchev–Trinajstić information content (AvgIpc) is 2.87. The minimum atomic E-state index is 0.219. The van der Waals surface area contributed by atoms with Crippen molar-refractivity contribution < 1.29 is 9.59 Å². The Hall–Kier alpha value is -1.06. The van der Waals surface area contributed by atoms with E-state index in [0.717, 1.165) is 38.8 Å². The number of rotatable bonds is 2. The molecular formula is C12H22N2O2. The monoisotopic (exact) mass is 226 g/mol. The largest absolute Gasteiger partial charge is 0.356 e. The second-order valence-electron chi connectivity index (χ2n) is 4.47. The molecule has 2 saturated heterocycles. The zero-order chi connectivity index (χ0) is 12.0. The first-order chi connectivity index (χ1) is 7.67. The molecule has 0 radical (unpaired) electrons. The molecule has 2 unspecified atom stereocenters. The highest BCUT2D eigenvalue weighted by atomic mass is 16.2. The first kappa shape index (κ1) is 13.0. The predicted octanol–water partition coefficient (Wildman–Crippen LogP) is 1.06. The molecule has 4 nitrogen and oxygen atoms in total. The standard InChI is InChI=1S/2C6H11NO/c1-2-5-3-6(8)7-4-5;1-2-5-3-4-7-6(5)8/h2*5H,2-4H2,1H3,(H,7,8). The highest BCUT2D eigenvalue weighted by Crippen LogP contribution is 2.12. The lowest BCUT2D eigenvalue weighted by atomic mass is 10.1. The second-order valence-corrected chi connectivity index (χ2v) is 4.47. The van der Waals surface area contributed by atoms with Crippen LogP contribution in [0.15, 0.2) is 0 Å². The minimum absolute atomic E-state index is 0.219. The van der Waals surface area contributed by atoms with Crippen LogP contribution in [0.2, 0.25) is 0 Å². The topological polar surface area (TPSA) is 58.2 Å². The van der Waals surface area contributed by atoms with Gasteiger partial charge in [-0.25, -0.2) is 0 Å². The fourth-order valence-corrected chi connectivity index (χ4v) is 1.99. The Labute approximate surface area is 97.2 Å². The highest BCUT2D eigenvalue weighted by molar-refractivity contribution is 5.80. The molecule has 0 aromatic heterocycles. The molecule has 0 spiro atoms. The summed E-state index contributed by atoms with van der Waals surface area (Å²) in [6.45, 7) is 5.95. The van der Waals surface area contributed by atoms with Crippen LogP contribution >= 0.6 is 0 Å². The van der Waals surface area contributed by atoms with Crippen molar-refractivity contribution in [3.8, 4) is 0 Å². The summed E-state index contributed by atoms with van der Waals surface area (Å²) in [4.78, 5) is 21.2. The summed E-state index contributed by atoms with van der Waals surface area (Å²) in [5.41, 5.74) is 0. The van der Waals surface area contributed by atoms with Crippen molar-refractivity contribution in [2.45, 2.75) is 39.5 Å². The van der Waals surface area contributed by atoms with E-state index < -0.39 is 0 Å². The van der Waals surface area contributed by atoms with Gasteiger partial charge in [-0.05, 0) is 18.8 Å². The van der Waals surface area contributed by atoms with E-state index >= 15 is 0 Å². The van der Waals surface area contributed by atoms with Crippen molar-refractivity contribution in [1.82, 2.24) is 10.6 Å². The quantitative estimate of drug-likeness (QED) is 0.740. The zero-order valence-corrected chi connectivity index (χ0v) is 10.2. The number of hydrogen-bond acceptors (Lipinski definition) is 2. The van der Waals surface area contributed by atoms with Crippen LogP contribution in [0.5, 0.6) is 0 Å². The lowest BCUT2D eigenvalue weighted by molar-refractivity contribution is -0.122. The van der Waals surface area contributed by atoms with E-state index in [-0.39, 0.29) is 11.8 Å². The molecule has 2 heterocycles. The van der Waals surface area contributed by atoms with E-state index in [0.29, 0.717) is 11.8 Å². The van der Waals surface area contributed by atoms with Gasteiger partial charge >= 0.3 is 0 Å². The minimum Gasteiger partial charge on any atom is -0.356 e. The number of carbonyl (C=O) groups excluding carboxylic acids is 2. The molecule has 4 heteroatoms. The molecule has 2 fully saturated rings. The predicted molar refractivity (Wildman–Crippen MR) is 62.8 cm³/mol. The molecular weight excluding hydrogens is 204 g/mol. The molecule has 2 aliphatic rings. The molecule has 2 rings (SSSR count). The Bertz CT molecular complexity index is 253. The van der Waals surface area contributed by atoms with Gasteiger partial charge in [0.05, 0.1) is 0 Å². The van der Waals surface area contributed by atoms with E-state index in [2.05, 4.69) is 24.5 Å². The molecule has 92 valence electrons. The molecule has 2 aliphatic heterocycles. The van der Waals surface area contributed by atoms with Gasteiger partial charge in [0.25, 0.3) is 0 Å². The summed E-state index contributed by atoms with van der Waals surface area (Å²) in [5.74, 6) is 1.39. The van der Waals surface area contributed by atoms with Crippen LogP contribution in [-0.4, -0.2) is 24.9 Å². The van der Waals surface area contributed by atoms with Crippen LogP contribution in [-0.2, 0) is 9.59 Å². The number of nitrogens with one attached hydrogen (secondary N) is 2. The van der Waals surface area contributed by atoms with Crippen LogP contribution in [0.4, 0.5) is 0 Å². The molecule has 16 heavy (non-hydrogen) atoms. The summed E-state index contributed by atoms with van der Waals surface area (Å²) in [6.07, 6.45) is 3.90. The van der Waals surface area contributed by atoms with E-state index in [1.807, 2.05) is 0 Å². The third-order valence-corrected chi connectivity index (χ3v) is 3.29. The SMILES string of the molecule is CCC1CCNC1=O.CCC1CNC(=O)C1. The van der Waals surface area contributed by atoms with Crippen LogP contribution < -0.4 is 10.6 Å². The summed E-state index contributed by atoms with van der Waals surface area (Å²) < 4.78 is 0. The Kier molecular flexibility index (Phi) is 5.29. The Morgan fingerprint density at radius 3 is 2.19 bits per heavy atom. The van der Waals surface area contributed by atoms with Gasteiger partial charge in [0.1, 0.15) is 0 Å². The normalized spacial score (nSPS) is 28.1. The van der Waals surface area contributed by atoms with Crippen molar-refractivity contribution in [3.63, 3.8) is 0 Å². The van der Waals surface area contributed by atoms with Gasteiger partial charge in [-0.2, -0.15) is 0 Å². The number of hydrogen-bond donors (Lipinski definition) is 2. The van der Waals surface area contributed by atoms with Gasteiger partial charge in [0.2, 0.25) is 11.8 Å². The Morgan fingerprint density at radius 1 is 1.19 bits per heavy atom. The molecule has 0 aliphatic carbocycles. The van der Waals surface area contributed by atoms with Crippen molar-refractivity contribution >= 4 is 11.8 Å². The zero-order valence-electron chi connectivity index (χ0n) is 10.2. The van der Waals surface area contributed by atoms with Crippen LogP contribution in [0, 0.1) is 11.8 Å². The van der Waals surface area contributed by atoms with Crippen LogP contribution in [0.3, 0.4) is 0 Å². The third-order valence-electron chi connectivity index (χ3n) is 3.29. The summed E-state index contributed by atoms with van der Waals surface area (Å²) in [5, 5.41) is 5.56. The van der Waals surface area contributed by atoms with Crippen molar-refractivity contribution in [2.24, 2.45) is 11.8 Å². The summed E-state index contributed by atoms with van der Waals surface area (Å²) in [7, 11) is 0. The second kappa shape index (κ2) is 6.51. The van der Waals surface area contributed by atoms with Gasteiger partial charge in [0.15, 0.2) is 0 Å². The van der Waals surface area contributed by atoms with E-state index in [4.69, 9.17) is 0 Å². The molecule has 0 saturated carbocycles. The van der Waals surface area contributed by atoms with E-state index in [9.17, 15) is 9.59 Å². The van der Waals surface area contributed by atoms with Gasteiger partial charge in [0, 0.05) is 25.4 Å². The number of carbonyl (C=O) groups is 2. The first-order valence-corrected chi connectivity index (χ1v) is 6.21. The van der Waals surface area contributed by atoms with Crippen LogP contribution in [0.25, 0.3) is 0 Å². The van der Waals surface area contributed by atoms with Gasteiger partial charge < -0.3 is 10.6 Å². The lowest BCUT2D eigenvalue weighted by Gasteiger charge is -1.97.